The molecule has 0 aliphatic carbocycles. The zero-order valence-electron chi connectivity index (χ0n) is 9.26. The number of nitrogens with one attached hydrogen (secondary N) is 1. The monoisotopic (exact) mass is 283 g/mol. The Morgan fingerprint density at radius 2 is 2.31 bits per heavy atom. The highest BCUT2D eigenvalue weighted by Gasteiger charge is 2.04. The molecule has 0 fully saturated rings. The molecule has 0 saturated carbocycles. The predicted molar refractivity (Wildman–Crippen MR) is 68.5 cm³/mol. The highest BCUT2D eigenvalue weighted by molar-refractivity contribution is 9.10. The summed E-state index contributed by atoms with van der Waals surface area (Å²) in [6.07, 6.45) is 7.40. The second-order valence-electron chi connectivity index (χ2n) is 3.64. The van der Waals surface area contributed by atoms with Crippen molar-refractivity contribution in [2.75, 3.05) is 0 Å². The molecule has 0 aromatic heterocycles. The fourth-order valence-electron chi connectivity index (χ4n) is 1.42. The van der Waals surface area contributed by atoms with Crippen molar-refractivity contribution in [3.8, 4) is 12.3 Å². The molecule has 1 aromatic rings. The molecule has 0 saturated heterocycles. The van der Waals surface area contributed by atoms with Gasteiger partial charge in [0.25, 0.3) is 0 Å². The first-order chi connectivity index (χ1) is 7.67. The van der Waals surface area contributed by atoms with Crippen LogP contribution in [0.1, 0.15) is 25.3 Å². The summed E-state index contributed by atoms with van der Waals surface area (Å²) in [4.78, 5) is 0. The van der Waals surface area contributed by atoms with E-state index < -0.39 is 0 Å². The first-order valence-corrected chi connectivity index (χ1v) is 6.10. The van der Waals surface area contributed by atoms with Gasteiger partial charge in [-0.3, -0.25) is 5.32 Å². The maximum absolute atomic E-state index is 13.0. The van der Waals surface area contributed by atoms with Gasteiger partial charge in [0.15, 0.2) is 0 Å². The molecular weight excluding hydrogens is 269 g/mol. The van der Waals surface area contributed by atoms with Crippen LogP contribution in [0.4, 0.5) is 4.39 Å². The first-order valence-electron chi connectivity index (χ1n) is 5.30. The van der Waals surface area contributed by atoms with Crippen LogP contribution < -0.4 is 5.32 Å². The number of benzene rings is 1. The van der Waals surface area contributed by atoms with E-state index in [-0.39, 0.29) is 11.9 Å². The Morgan fingerprint density at radius 1 is 1.56 bits per heavy atom. The molecular formula is C13H15BrFN. The van der Waals surface area contributed by atoms with E-state index in [1.54, 1.807) is 12.1 Å². The van der Waals surface area contributed by atoms with E-state index in [2.05, 4.69) is 34.1 Å². The van der Waals surface area contributed by atoms with Crippen molar-refractivity contribution in [1.82, 2.24) is 5.32 Å². The summed E-state index contributed by atoms with van der Waals surface area (Å²) in [5.74, 6) is 2.46. The molecule has 1 unspecified atom stereocenters. The summed E-state index contributed by atoms with van der Waals surface area (Å²) in [5.41, 5.74) is 1.02. The lowest BCUT2D eigenvalue weighted by Crippen LogP contribution is -2.26. The largest absolute Gasteiger partial charge is 0.300 e. The summed E-state index contributed by atoms with van der Waals surface area (Å²) in [6.45, 7) is 2.76. The minimum absolute atomic E-state index is 0.0915. The molecule has 1 N–H and O–H groups in total. The van der Waals surface area contributed by atoms with E-state index in [1.165, 1.54) is 6.07 Å². The zero-order valence-corrected chi connectivity index (χ0v) is 10.8. The lowest BCUT2D eigenvalue weighted by atomic mass is 10.1. The van der Waals surface area contributed by atoms with Crippen LogP contribution in [0.15, 0.2) is 22.7 Å². The topological polar surface area (TPSA) is 12.0 Å². The van der Waals surface area contributed by atoms with E-state index in [4.69, 9.17) is 6.42 Å². The SMILES string of the molecule is C#CC(CCC)NCc1ccc(F)c(Br)c1. The molecule has 0 bridgehead atoms. The lowest BCUT2D eigenvalue weighted by molar-refractivity contribution is 0.561. The maximum Gasteiger partial charge on any atom is 0.137 e. The second-order valence-corrected chi connectivity index (χ2v) is 4.49. The highest BCUT2D eigenvalue weighted by Crippen LogP contribution is 2.16. The van der Waals surface area contributed by atoms with Crippen molar-refractivity contribution < 1.29 is 4.39 Å². The van der Waals surface area contributed by atoms with Gasteiger partial charge in [0.1, 0.15) is 5.82 Å². The van der Waals surface area contributed by atoms with Crippen LogP contribution in [0, 0.1) is 18.2 Å². The highest BCUT2D eigenvalue weighted by atomic mass is 79.9. The third-order valence-electron chi connectivity index (χ3n) is 2.32. The van der Waals surface area contributed by atoms with Crippen LogP contribution in [-0.4, -0.2) is 6.04 Å². The van der Waals surface area contributed by atoms with Gasteiger partial charge in [-0.15, -0.1) is 6.42 Å². The smallest absolute Gasteiger partial charge is 0.137 e. The van der Waals surface area contributed by atoms with E-state index >= 15 is 0 Å². The summed E-state index contributed by atoms with van der Waals surface area (Å²) in [5, 5.41) is 3.25. The summed E-state index contributed by atoms with van der Waals surface area (Å²) < 4.78 is 13.5. The van der Waals surface area contributed by atoms with Crippen LogP contribution >= 0.6 is 15.9 Å². The molecule has 86 valence electrons. The van der Waals surface area contributed by atoms with E-state index in [0.29, 0.717) is 11.0 Å². The number of rotatable bonds is 5. The first kappa shape index (κ1) is 13.2. The summed E-state index contributed by atoms with van der Waals surface area (Å²) >= 11 is 3.16. The zero-order chi connectivity index (χ0) is 12.0. The molecule has 0 aliphatic heterocycles. The normalized spacial score (nSPS) is 12.1. The van der Waals surface area contributed by atoms with Crippen molar-refractivity contribution >= 4 is 15.9 Å². The van der Waals surface area contributed by atoms with E-state index in [0.717, 1.165) is 18.4 Å². The van der Waals surface area contributed by atoms with Crippen molar-refractivity contribution in [2.24, 2.45) is 0 Å². The average molecular weight is 284 g/mol. The van der Waals surface area contributed by atoms with Crippen molar-refractivity contribution in [3.05, 3.63) is 34.1 Å². The summed E-state index contributed by atoms with van der Waals surface area (Å²) in [7, 11) is 0. The fourth-order valence-corrected chi connectivity index (χ4v) is 1.85. The van der Waals surface area contributed by atoms with Crippen LogP contribution in [0.5, 0.6) is 0 Å². The third-order valence-corrected chi connectivity index (χ3v) is 2.92. The molecule has 0 spiro atoms. The third kappa shape index (κ3) is 3.96. The van der Waals surface area contributed by atoms with Gasteiger partial charge in [-0.25, -0.2) is 4.39 Å². The lowest BCUT2D eigenvalue weighted by Gasteiger charge is -2.12. The Kier molecular flexibility index (Phi) is 5.51. The quantitative estimate of drug-likeness (QED) is 0.816. The minimum atomic E-state index is -0.245. The van der Waals surface area contributed by atoms with Crippen LogP contribution in [-0.2, 0) is 6.54 Å². The van der Waals surface area contributed by atoms with Crippen molar-refractivity contribution in [3.63, 3.8) is 0 Å². The van der Waals surface area contributed by atoms with Gasteiger partial charge in [0.2, 0.25) is 0 Å². The van der Waals surface area contributed by atoms with Gasteiger partial charge < -0.3 is 0 Å². The van der Waals surface area contributed by atoms with Gasteiger partial charge in [-0.2, -0.15) is 0 Å². The molecule has 3 heteroatoms. The number of terminal acetylenes is 1. The Hall–Kier alpha value is -0.850. The average Bonchev–Trinajstić information content (AvgIpc) is 2.28. The molecule has 1 atom stereocenters. The van der Waals surface area contributed by atoms with E-state index in [1.807, 2.05) is 0 Å². The Morgan fingerprint density at radius 3 is 2.88 bits per heavy atom. The maximum atomic E-state index is 13.0. The minimum Gasteiger partial charge on any atom is -0.300 e. The van der Waals surface area contributed by atoms with Gasteiger partial charge in [0, 0.05) is 6.54 Å². The number of hydrogen-bond acceptors (Lipinski definition) is 1. The van der Waals surface area contributed by atoms with Gasteiger partial charge in [-0.05, 0) is 40.0 Å². The molecule has 0 radical (unpaired) electrons. The number of hydrogen-bond donors (Lipinski definition) is 1. The van der Waals surface area contributed by atoms with Gasteiger partial charge in [-0.1, -0.05) is 25.3 Å². The Balaban J connectivity index is 2.54. The van der Waals surface area contributed by atoms with Gasteiger partial charge in [0.05, 0.1) is 10.5 Å². The molecule has 0 heterocycles. The predicted octanol–water partition coefficient (Wildman–Crippen LogP) is 3.48. The molecule has 1 nitrogen and oxygen atoms in total. The van der Waals surface area contributed by atoms with Crippen LogP contribution in [0.3, 0.4) is 0 Å². The fraction of sp³-hybridized carbons (Fsp3) is 0.385. The van der Waals surface area contributed by atoms with E-state index in [9.17, 15) is 4.39 Å². The molecule has 0 aliphatic rings. The molecule has 16 heavy (non-hydrogen) atoms. The van der Waals surface area contributed by atoms with Crippen molar-refractivity contribution in [2.45, 2.75) is 32.4 Å². The standard InChI is InChI=1S/C13H15BrFN/c1-3-5-11(4-2)16-9-10-6-7-13(15)12(14)8-10/h2,6-8,11,16H,3,5,9H2,1H3. The number of halogens is 2. The molecule has 1 aromatic carbocycles. The molecule has 0 amide bonds. The van der Waals surface area contributed by atoms with Crippen LogP contribution in [0.2, 0.25) is 0 Å². The Labute approximate surface area is 105 Å². The Bertz CT molecular complexity index is 384. The van der Waals surface area contributed by atoms with Crippen molar-refractivity contribution in [1.29, 1.82) is 0 Å². The summed E-state index contributed by atoms with van der Waals surface area (Å²) in [6, 6.07) is 5.06. The van der Waals surface area contributed by atoms with Gasteiger partial charge >= 0.3 is 0 Å². The molecule has 1 rings (SSSR count). The van der Waals surface area contributed by atoms with Crippen LogP contribution in [0.25, 0.3) is 0 Å². The second kappa shape index (κ2) is 6.67.